The van der Waals surface area contributed by atoms with Crippen LogP contribution < -0.4 is 11.1 Å². The van der Waals surface area contributed by atoms with Crippen molar-refractivity contribution in [3.05, 3.63) is 66.0 Å². The molecule has 1 aromatic heterocycles. The van der Waals surface area contributed by atoms with Gasteiger partial charge in [-0.25, -0.2) is 9.98 Å². The molecule has 3 N–H and O–H groups in total. The first kappa shape index (κ1) is 17.0. The first-order chi connectivity index (χ1) is 12.3. The van der Waals surface area contributed by atoms with Crippen molar-refractivity contribution in [1.29, 1.82) is 0 Å². The van der Waals surface area contributed by atoms with Gasteiger partial charge in [-0.05, 0) is 29.7 Å². The molecule has 0 amide bonds. The molecule has 130 valence electrons. The lowest BCUT2D eigenvalue weighted by atomic mass is 10.1. The van der Waals surface area contributed by atoms with E-state index in [1.807, 2.05) is 24.5 Å². The van der Waals surface area contributed by atoms with Crippen molar-refractivity contribution in [2.75, 3.05) is 6.54 Å². The Morgan fingerprint density at radius 1 is 1.12 bits per heavy atom. The maximum atomic E-state index is 5.86. The van der Waals surface area contributed by atoms with Gasteiger partial charge in [0.2, 0.25) is 0 Å². The van der Waals surface area contributed by atoms with Crippen LogP contribution in [0.15, 0.2) is 59.9 Å². The maximum Gasteiger partial charge on any atom is 0.188 e. The van der Waals surface area contributed by atoms with Gasteiger partial charge < -0.3 is 15.6 Å². The average Bonchev–Trinajstić information content (AvgIpc) is 3.04. The van der Waals surface area contributed by atoms with Crippen molar-refractivity contribution in [1.82, 2.24) is 14.9 Å². The number of benzene rings is 2. The number of nitrogens with zero attached hydrogens (tertiary/aromatic N) is 3. The Kier molecular flexibility index (Phi) is 5.67. The summed E-state index contributed by atoms with van der Waals surface area (Å²) in [5.41, 5.74) is 10.4. The van der Waals surface area contributed by atoms with Gasteiger partial charge in [0.25, 0.3) is 0 Å². The summed E-state index contributed by atoms with van der Waals surface area (Å²) in [7, 11) is 0. The van der Waals surface area contributed by atoms with E-state index in [-0.39, 0.29) is 0 Å². The molecule has 3 rings (SSSR count). The van der Waals surface area contributed by atoms with Crippen molar-refractivity contribution >= 4 is 17.0 Å². The number of nitrogens with two attached hydrogens (primary N) is 1. The van der Waals surface area contributed by atoms with Crippen LogP contribution >= 0.6 is 0 Å². The zero-order valence-electron chi connectivity index (χ0n) is 14.7. The van der Waals surface area contributed by atoms with Crippen LogP contribution in [-0.4, -0.2) is 22.1 Å². The van der Waals surface area contributed by atoms with Crippen LogP contribution in [0, 0.1) is 0 Å². The fourth-order valence-corrected chi connectivity index (χ4v) is 2.71. The van der Waals surface area contributed by atoms with Crippen LogP contribution in [0.2, 0.25) is 0 Å². The van der Waals surface area contributed by atoms with E-state index in [0.29, 0.717) is 12.5 Å². The van der Waals surface area contributed by atoms with Gasteiger partial charge in [-0.1, -0.05) is 49.7 Å². The Labute approximate surface area is 148 Å². The second-order valence-corrected chi connectivity index (χ2v) is 6.16. The number of aliphatic imine (C=N–C) groups is 1. The molecule has 0 bridgehead atoms. The minimum atomic E-state index is 0.516. The Morgan fingerprint density at radius 3 is 2.68 bits per heavy atom. The number of nitrogens with one attached hydrogen (secondary N) is 1. The molecule has 0 atom stereocenters. The van der Waals surface area contributed by atoms with Gasteiger partial charge in [0.1, 0.15) is 0 Å². The summed E-state index contributed by atoms with van der Waals surface area (Å²) in [6.07, 6.45) is 4.15. The third-order valence-corrected chi connectivity index (χ3v) is 4.17. The van der Waals surface area contributed by atoms with Gasteiger partial charge in [0.05, 0.1) is 23.9 Å². The zero-order valence-corrected chi connectivity index (χ0v) is 14.7. The molecule has 0 aliphatic heterocycles. The van der Waals surface area contributed by atoms with Crippen LogP contribution in [0.25, 0.3) is 11.0 Å². The number of rotatable bonds is 7. The quantitative estimate of drug-likeness (QED) is 0.395. The Morgan fingerprint density at radius 2 is 1.88 bits per heavy atom. The highest BCUT2D eigenvalue weighted by molar-refractivity contribution is 5.77. The standard InChI is InChI=1S/C20H25N5/c1-2-3-12-22-20(21)23-13-16-8-10-17(11-9-16)14-25-15-24-18-6-4-5-7-19(18)25/h4-11,15H,2-3,12-14H2,1H3,(H3,21,22,23). The molecule has 0 unspecified atom stereocenters. The molecule has 1 heterocycles. The fraction of sp³-hybridized carbons (Fsp3) is 0.300. The summed E-state index contributed by atoms with van der Waals surface area (Å²) in [4.78, 5) is 8.82. The predicted molar refractivity (Wildman–Crippen MR) is 104 cm³/mol. The first-order valence-electron chi connectivity index (χ1n) is 8.77. The monoisotopic (exact) mass is 335 g/mol. The molecule has 0 fully saturated rings. The number of hydrogen-bond donors (Lipinski definition) is 2. The summed E-state index contributed by atoms with van der Waals surface area (Å²) in [5.74, 6) is 0.516. The molecule has 0 aliphatic carbocycles. The van der Waals surface area contributed by atoms with Crippen molar-refractivity contribution < 1.29 is 0 Å². The normalized spacial score (nSPS) is 11.8. The molecule has 5 nitrogen and oxygen atoms in total. The highest BCUT2D eigenvalue weighted by Crippen LogP contribution is 2.14. The summed E-state index contributed by atoms with van der Waals surface area (Å²) in [6, 6.07) is 16.7. The van der Waals surface area contributed by atoms with Gasteiger partial charge in [0.15, 0.2) is 5.96 Å². The van der Waals surface area contributed by atoms with Gasteiger partial charge in [0, 0.05) is 13.1 Å². The van der Waals surface area contributed by atoms with Crippen molar-refractivity contribution in [2.45, 2.75) is 32.9 Å². The third kappa shape index (κ3) is 4.59. The number of fused-ring (bicyclic) bond motifs is 1. The molecule has 0 saturated heterocycles. The number of hydrogen-bond acceptors (Lipinski definition) is 2. The lowest BCUT2D eigenvalue weighted by Gasteiger charge is -2.07. The topological polar surface area (TPSA) is 68.2 Å². The van der Waals surface area contributed by atoms with E-state index >= 15 is 0 Å². The van der Waals surface area contributed by atoms with E-state index < -0.39 is 0 Å². The number of aromatic nitrogens is 2. The SMILES string of the molecule is CCCCNC(N)=NCc1ccc(Cn2cnc3ccccc32)cc1. The van der Waals surface area contributed by atoms with E-state index in [9.17, 15) is 0 Å². The number of guanidine groups is 1. The summed E-state index contributed by atoms with van der Waals surface area (Å²) in [5, 5.41) is 3.13. The van der Waals surface area contributed by atoms with E-state index in [4.69, 9.17) is 5.73 Å². The highest BCUT2D eigenvalue weighted by atomic mass is 15.1. The molecule has 0 radical (unpaired) electrons. The first-order valence-corrected chi connectivity index (χ1v) is 8.77. The largest absolute Gasteiger partial charge is 0.370 e. The average molecular weight is 335 g/mol. The van der Waals surface area contributed by atoms with Gasteiger partial charge in [-0.3, -0.25) is 0 Å². The molecule has 0 saturated carbocycles. The summed E-state index contributed by atoms with van der Waals surface area (Å²) in [6.45, 7) is 4.44. The van der Waals surface area contributed by atoms with Crippen LogP contribution in [0.4, 0.5) is 0 Å². The lowest BCUT2D eigenvalue weighted by Crippen LogP contribution is -2.32. The molecular formula is C20H25N5. The minimum Gasteiger partial charge on any atom is -0.370 e. The maximum absolute atomic E-state index is 5.86. The van der Waals surface area contributed by atoms with Gasteiger partial charge in [-0.15, -0.1) is 0 Å². The fourth-order valence-electron chi connectivity index (χ4n) is 2.71. The number of imidazole rings is 1. The van der Waals surface area contributed by atoms with E-state index in [1.54, 1.807) is 0 Å². The lowest BCUT2D eigenvalue weighted by molar-refractivity contribution is 0.748. The smallest absolute Gasteiger partial charge is 0.188 e. The van der Waals surface area contributed by atoms with E-state index in [1.165, 1.54) is 5.56 Å². The molecule has 0 aliphatic rings. The molecule has 25 heavy (non-hydrogen) atoms. The van der Waals surface area contributed by atoms with Crippen LogP contribution in [-0.2, 0) is 13.1 Å². The van der Waals surface area contributed by atoms with Crippen molar-refractivity contribution in [3.63, 3.8) is 0 Å². The predicted octanol–water partition coefficient (Wildman–Crippen LogP) is 3.29. The number of unbranched alkanes of at least 4 members (excludes halogenated alkanes) is 1. The third-order valence-electron chi connectivity index (χ3n) is 4.17. The zero-order chi connectivity index (χ0) is 17.5. The Bertz CT molecular complexity index is 833. The highest BCUT2D eigenvalue weighted by Gasteiger charge is 2.02. The molecule has 3 aromatic rings. The second-order valence-electron chi connectivity index (χ2n) is 6.16. The van der Waals surface area contributed by atoms with Gasteiger partial charge >= 0.3 is 0 Å². The second kappa shape index (κ2) is 8.33. The number of para-hydroxylation sites is 2. The minimum absolute atomic E-state index is 0.516. The van der Waals surface area contributed by atoms with E-state index in [2.05, 4.69) is 57.1 Å². The summed E-state index contributed by atoms with van der Waals surface area (Å²) < 4.78 is 2.16. The van der Waals surface area contributed by atoms with Gasteiger partial charge in [-0.2, -0.15) is 0 Å². The molecular weight excluding hydrogens is 310 g/mol. The summed E-state index contributed by atoms with van der Waals surface area (Å²) >= 11 is 0. The van der Waals surface area contributed by atoms with Crippen LogP contribution in [0.3, 0.4) is 0 Å². The van der Waals surface area contributed by atoms with Crippen LogP contribution in [0.1, 0.15) is 30.9 Å². The molecule has 0 spiro atoms. The van der Waals surface area contributed by atoms with Crippen molar-refractivity contribution in [2.24, 2.45) is 10.7 Å². The Hall–Kier alpha value is -2.82. The van der Waals surface area contributed by atoms with E-state index in [0.717, 1.165) is 42.5 Å². The Balaban J connectivity index is 1.59. The molecule has 5 heteroatoms. The van der Waals surface area contributed by atoms with Crippen LogP contribution in [0.5, 0.6) is 0 Å². The van der Waals surface area contributed by atoms with Crippen molar-refractivity contribution in [3.8, 4) is 0 Å². The molecule has 2 aromatic carbocycles.